The second-order valence-electron chi connectivity index (χ2n) is 6.68. The van der Waals surface area contributed by atoms with Crippen molar-refractivity contribution < 1.29 is 9.53 Å². The van der Waals surface area contributed by atoms with Crippen LogP contribution in [0.4, 0.5) is 5.69 Å². The van der Waals surface area contributed by atoms with Crippen molar-refractivity contribution in [3.05, 3.63) is 42.4 Å². The zero-order valence-corrected chi connectivity index (χ0v) is 15.4. The van der Waals surface area contributed by atoms with Crippen LogP contribution in [0.5, 0.6) is 0 Å². The van der Waals surface area contributed by atoms with Gasteiger partial charge in [0, 0.05) is 56.7 Å². The number of ether oxygens (including phenoxy) is 1. The molecule has 1 saturated heterocycles. The molecule has 0 saturated carbocycles. The van der Waals surface area contributed by atoms with Crippen LogP contribution in [0.2, 0.25) is 0 Å². The second kappa shape index (κ2) is 8.87. The molecule has 6 nitrogen and oxygen atoms in total. The molecule has 2 heterocycles. The SMILES string of the molecule is COCCN1CCC[C@@H](c2nccnc2-c2cccc(NC(C)=O)c2)C1. The molecule has 0 radical (unpaired) electrons. The first-order chi connectivity index (χ1) is 12.7. The molecule has 6 heteroatoms. The highest BCUT2D eigenvalue weighted by atomic mass is 16.5. The Morgan fingerprint density at radius 1 is 1.35 bits per heavy atom. The first kappa shape index (κ1) is 18.5. The zero-order valence-electron chi connectivity index (χ0n) is 15.4. The number of piperidine rings is 1. The molecule has 1 N–H and O–H groups in total. The van der Waals surface area contributed by atoms with Crippen LogP contribution in [0.1, 0.15) is 31.4 Å². The van der Waals surface area contributed by atoms with E-state index in [4.69, 9.17) is 4.74 Å². The van der Waals surface area contributed by atoms with Crippen LogP contribution in [0, 0.1) is 0 Å². The fourth-order valence-corrected chi connectivity index (χ4v) is 3.52. The number of nitrogens with one attached hydrogen (secondary N) is 1. The molecular weight excluding hydrogens is 328 g/mol. The van der Waals surface area contributed by atoms with Gasteiger partial charge in [0.05, 0.1) is 18.0 Å². The van der Waals surface area contributed by atoms with E-state index >= 15 is 0 Å². The number of rotatable bonds is 6. The van der Waals surface area contributed by atoms with Gasteiger partial charge in [-0.1, -0.05) is 12.1 Å². The Bertz CT molecular complexity index is 750. The minimum atomic E-state index is -0.0809. The van der Waals surface area contributed by atoms with E-state index in [0.29, 0.717) is 5.92 Å². The maximum absolute atomic E-state index is 11.3. The van der Waals surface area contributed by atoms with Gasteiger partial charge in [-0.3, -0.25) is 14.8 Å². The first-order valence-corrected chi connectivity index (χ1v) is 9.07. The molecule has 0 unspecified atom stereocenters. The molecule has 2 aromatic rings. The molecular formula is C20H26N4O2. The summed E-state index contributed by atoms with van der Waals surface area (Å²) in [7, 11) is 1.74. The lowest BCUT2D eigenvalue weighted by molar-refractivity contribution is -0.114. The molecule has 0 spiro atoms. The van der Waals surface area contributed by atoms with Crippen molar-refractivity contribution in [3.8, 4) is 11.3 Å². The van der Waals surface area contributed by atoms with Crippen molar-refractivity contribution in [1.82, 2.24) is 14.9 Å². The predicted molar refractivity (Wildman–Crippen MR) is 102 cm³/mol. The molecule has 1 atom stereocenters. The van der Waals surface area contributed by atoms with Gasteiger partial charge in [0.25, 0.3) is 0 Å². The standard InChI is InChI=1S/C20H26N4O2/c1-15(25)23-18-7-3-5-16(13-18)19-20(22-9-8-21-19)17-6-4-10-24(14-17)11-12-26-2/h3,5,7-9,13,17H,4,6,10-12,14H2,1-2H3,(H,23,25)/t17-/m1/s1. The number of hydrogen-bond donors (Lipinski definition) is 1. The Labute approximate surface area is 154 Å². The average Bonchev–Trinajstić information content (AvgIpc) is 2.66. The molecule has 1 aliphatic heterocycles. The Balaban J connectivity index is 1.85. The summed E-state index contributed by atoms with van der Waals surface area (Å²) in [6, 6.07) is 7.80. The molecule has 26 heavy (non-hydrogen) atoms. The van der Waals surface area contributed by atoms with E-state index < -0.39 is 0 Å². The maximum Gasteiger partial charge on any atom is 0.221 e. The van der Waals surface area contributed by atoms with E-state index in [1.54, 1.807) is 19.5 Å². The fourth-order valence-electron chi connectivity index (χ4n) is 3.52. The third-order valence-electron chi connectivity index (χ3n) is 4.69. The summed E-state index contributed by atoms with van der Waals surface area (Å²) in [6.45, 7) is 5.28. The number of amides is 1. The summed E-state index contributed by atoms with van der Waals surface area (Å²) < 4.78 is 5.22. The zero-order chi connectivity index (χ0) is 18.4. The predicted octanol–water partition coefficient (Wildman–Crippen LogP) is 2.93. The van der Waals surface area contributed by atoms with E-state index in [-0.39, 0.29) is 5.91 Å². The summed E-state index contributed by atoms with van der Waals surface area (Å²) in [5, 5.41) is 2.83. The summed E-state index contributed by atoms with van der Waals surface area (Å²) >= 11 is 0. The van der Waals surface area contributed by atoms with Gasteiger partial charge in [-0.25, -0.2) is 0 Å². The topological polar surface area (TPSA) is 67.3 Å². The number of anilines is 1. The van der Waals surface area contributed by atoms with Gasteiger partial charge in [-0.05, 0) is 31.5 Å². The summed E-state index contributed by atoms with van der Waals surface area (Å²) in [5.41, 5.74) is 3.69. The quantitative estimate of drug-likeness (QED) is 0.864. The van der Waals surface area contributed by atoms with Crippen molar-refractivity contribution in [3.63, 3.8) is 0 Å². The van der Waals surface area contributed by atoms with E-state index in [2.05, 4.69) is 20.2 Å². The van der Waals surface area contributed by atoms with Crippen LogP contribution in [-0.2, 0) is 9.53 Å². The van der Waals surface area contributed by atoms with Crippen LogP contribution in [0.25, 0.3) is 11.3 Å². The van der Waals surface area contributed by atoms with Crippen molar-refractivity contribution in [2.75, 3.05) is 38.7 Å². The minimum absolute atomic E-state index is 0.0809. The fraction of sp³-hybridized carbons (Fsp3) is 0.450. The monoisotopic (exact) mass is 354 g/mol. The minimum Gasteiger partial charge on any atom is -0.383 e. The maximum atomic E-state index is 11.3. The molecule has 0 bridgehead atoms. The van der Waals surface area contributed by atoms with Crippen molar-refractivity contribution in [1.29, 1.82) is 0 Å². The van der Waals surface area contributed by atoms with E-state index in [0.717, 1.165) is 61.7 Å². The molecule has 1 amide bonds. The molecule has 1 fully saturated rings. The summed E-state index contributed by atoms with van der Waals surface area (Å²) in [5.74, 6) is 0.274. The van der Waals surface area contributed by atoms with Crippen LogP contribution in [0.15, 0.2) is 36.7 Å². The van der Waals surface area contributed by atoms with Crippen molar-refractivity contribution in [2.45, 2.75) is 25.7 Å². The first-order valence-electron chi connectivity index (χ1n) is 9.07. The largest absolute Gasteiger partial charge is 0.383 e. The van der Waals surface area contributed by atoms with Crippen LogP contribution >= 0.6 is 0 Å². The highest BCUT2D eigenvalue weighted by molar-refractivity contribution is 5.89. The number of carbonyl (C=O) groups is 1. The van der Waals surface area contributed by atoms with Gasteiger partial charge >= 0.3 is 0 Å². The molecule has 138 valence electrons. The van der Waals surface area contributed by atoms with Gasteiger partial charge < -0.3 is 15.0 Å². The smallest absolute Gasteiger partial charge is 0.221 e. The number of carbonyl (C=O) groups excluding carboxylic acids is 1. The Morgan fingerprint density at radius 3 is 3.00 bits per heavy atom. The van der Waals surface area contributed by atoms with Gasteiger partial charge in [0.1, 0.15) is 0 Å². The van der Waals surface area contributed by atoms with Crippen molar-refractivity contribution in [2.24, 2.45) is 0 Å². The Hall–Kier alpha value is -2.31. The van der Waals surface area contributed by atoms with Crippen molar-refractivity contribution >= 4 is 11.6 Å². The lowest BCUT2D eigenvalue weighted by Crippen LogP contribution is -2.37. The number of methoxy groups -OCH3 is 1. The van der Waals surface area contributed by atoms with Gasteiger partial charge in [-0.15, -0.1) is 0 Å². The van der Waals surface area contributed by atoms with Gasteiger partial charge in [-0.2, -0.15) is 0 Å². The van der Waals surface area contributed by atoms with Crippen LogP contribution in [0.3, 0.4) is 0 Å². The molecule has 1 aromatic heterocycles. The number of hydrogen-bond acceptors (Lipinski definition) is 5. The number of benzene rings is 1. The van der Waals surface area contributed by atoms with E-state index in [9.17, 15) is 4.79 Å². The molecule has 1 aliphatic rings. The van der Waals surface area contributed by atoms with Gasteiger partial charge in [0.15, 0.2) is 0 Å². The lowest BCUT2D eigenvalue weighted by Gasteiger charge is -2.32. The molecule has 0 aliphatic carbocycles. The summed E-state index contributed by atoms with van der Waals surface area (Å²) in [4.78, 5) is 23.1. The van der Waals surface area contributed by atoms with Gasteiger partial charge in [0.2, 0.25) is 5.91 Å². The van der Waals surface area contributed by atoms with E-state index in [1.807, 2.05) is 24.3 Å². The number of aromatic nitrogens is 2. The third kappa shape index (κ3) is 4.65. The number of likely N-dealkylation sites (tertiary alicyclic amines) is 1. The molecule has 1 aromatic carbocycles. The number of nitrogens with zero attached hydrogens (tertiary/aromatic N) is 3. The average molecular weight is 354 g/mol. The lowest BCUT2D eigenvalue weighted by atomic mass is 9.91. The molecule has 3 rings (SSSR count). The third-order valence-corrected chi connectivity index (χ3v) is 4.69. The second-order valence-corrected chi connectivity index (χ2v) is 6.68. The highest BCUT2D eigenvalue weighted by Crippen LogP contribution is 2.32. The summed E-state index contributed by atoms with van der Waals surface area (Å²) in [6.07, 6.45) is 5.76. The van der Waals surface area contributed by atoms with E-state index in [1.165, 1.54) is 6.92 Å². The van der Waals surface area contributed by atoms with Crippen LogP contribution < -0.4 is 5.32 Å². The highest BCUT2D eigenvalue weighted by Gasteiger charge is 2.25. The Kier molecular flexibility index (Phi) is 6.30. The van der Waals surface area contributed by atoms with Crippen LogP contribution in [-0.4, -0.2) is 54.1 Å². The Morgan fingerprint density at radius 2 is 2.19 bits per heavy atom. The normalized spacial score (nSPS) is 17.8.